The van der Waals surface area contributed by atoms with Gasteiger partial charge in [0.2, 0.25) is 10.0 Å². The summed E-state index contributed by atoms with van der Waals surface area (Å²) >= 11 is 0. The van der Waals surface area contributed by atoms with Gasteiger partial charge in [-0.05, 0) is 51.1 Å². The van der Waals surface area contributed by atoms with Crippen molar-refractivity contribution in [3.05, 3.63) is 29.8 Å². The normalized spacial score (nSPS) is 15.5. The van der Waals surface area contributed by atoms with Crippen LogP contribution in [0.15, 0.2) is 29.2 Å². The van der Waals surface area contributed by atoms with Crippen LogP contribution in [-0.2, 0) is 10.0 Å². The molecule has 2 N–H and O–H groups in total. The van der Waals surface area contributed by atoms with Crippen LogP contribution in [0.4, 0.5) is 0 Å². The van der Waals surface area contributed by atoms with Crippen molar-refractivity contribution in [1.82, 2.24) is 14.9 Å². The van der Waals surface area contributed by atoms with Crippen LogP contribution in [0.3, 0.4) is 0 Å². The highest BCUT2D eigenvalue weighted by atomic mass is 35.5. The molecular weight excluding hydrogens is 374 g/mol. The zero-order valence-electron chi connectivity index (χ0n) is 15.5. The molecule has 1 aliphatic carbocycles. The molecule has 6 nitrogen and oxygen atoms in total. The quantitative estimate of drug-likeness (QED) is 0.653. The molecule has 0 unspecified atom stereocenters. The zero-order valence-corrected chi connectivity index (χ0v) is 17.2. The number of amides is 1. The summed E-state index contributed by atoms with van der Waals surface area (Å²) in [5.41, 5.74) is 0.377. The Bertz CT molecular complexity index is 676. The summed E-state index contributed by atoms with van der Waals surface area (Å²) < 4.78 is 27.3. The fourth-order valence-electron chi connectivity index (χ4n) is 3.17. The van der Waals surface area contributed by atoms with Gasteiger partial charge in [0.25, 0.3) is 5.91 Å². The minimum Gasteiger partial charge on any atom is -0.352 e. The lowest BCUT2D eigenvalue weighted by Crippen LogP contribution is -2.38. The second-order valence-corrected chi connectivity index (χ2v) is 8.55. The van der Waals surface area contributed by atoms with E-state index < -0.39 is 10.0 Å². The maximum Gasteiger partial charge on any atom is 0.251 e. The van der Waals surface area contributed by atoms with Crippen molar-refractivity contribution in [1.29, 1.82) is 0 Å². The van der Waals surface area contributed by atoms with Crippen LogP contribution in [0, 0.1) is 0 Å². The molecule has 2 rings (SSSR count). The van der Waals surface area contributed by atoms with Gasteiger partial charge in [-0.25, -0.2) is 8.42 Å². The van der Waals surface area contributed by atoms with Gasteiger partial charge in [0.15, 0.2) is 0 Å². The van der Waals surface area contributed by atoms with Crippen LogP contribution in [0.1, 0.15) is 48.9 Å². The molecule has 1 saturated carbocycles. The molecule has 1 aromatic rings. The van der Waals surface area contributed by atoms with E-state index in [4.69, 9.17) is 0 Å². The molecule has 1 fully saturated rings. The second-order valence-electron chi connectivity index (χ2n) is 6.55. The summed E-state index contributed by atoms with van der Waals surface area (Å²) in [6, 6.07) is 6.36. The van der Waals surface area contributed by atoms with Crippen molar-refractivity contribution in [2.24, 2.45) is 0 Å². The van der Waals surface area contributed by atoms with Gasteiger partial charge in [-0.2, -0.15) is 4.31 Å². The number of hydrogen-bond acceptors (Lipinski definition) is 4. The monoisotopic (exact) mass is 403 g/mol. The first-order valence-electron chi connectivity index (χ1n) is 8.97. The van der Waals surface area contributed by atoms with Crippen molar-refractivity contribution in [2.45, 2.75) is 49.5 Å². The van der Waals surface area contributed by atoms with Crippen molar-refractivity contribution in [2.75, 3.05) is 27.2 Å². The Hall–Kier alpha value is -1.15. The van der Waals surface area contributed by atoms with Gasteiger partial charge >= 0.3 is 0 Å². The number of nitrogens with zero attached hydrogens (tertiary/aromatic N) is 1. The van der Waals surface area contributed by atoms with E-state index in [0.717, 1.165) is 38.6 Å². The number of hydrogen-bond donors (Lipinski definition) is 2. The SMILES string of the molecule is CNCCCNC(=O)c1cccc(S(=O)(=O)N(C)C2CCCCC2)c1.Cl. The molecule has 0 spiro atoms. The van der Waals surface area contributed by atoms with Gasteiger partial charge in [-0.15, -0.1) is 12.4 Å². The zero-order chi connectivity index (χ0) is 18.3. The first-order valence-corrected chi connectivity index (χ1v) is 10.4. The topological polar surface area (TPSA) is 78.5 Å². The standard InChI is InChI=1S/C18H29N3O3S.ClH/c1-19-12-7-13-20-18(22)15-8-6-11-17(14-15)25(23,24)21(2)16-9-4-3-5-10-16;/h6,8,11,14,16,19H,3-5,7,9-10,12-13H2,1-2H3,(H,20,22);1H. The Kier molecular flexibility index (Phi) is 9.57. The number of carbonyl (C=O) groups excluding carboxylic acids is 1. The summed E-state index contributed by atoms with van der Waals surface area (Å²) in [5.74, 6) is -0.242. The highest BCUT2D eigenvalue weighted by Gasteiger charge is 2.29. The maximum atomic E-state index is 12.9. The Morgan fingerprint density at radius 1 is 1.19 bits per heavy atom. The van der Waals surface area contributed by atoms with E-state index in [-0.39, 0.29) is 29.3 Å². The number of rotatable bonds is 8. The van der Waals surface area contributed by atoms with Gasteiger partial charge in [0.1, 0.15) is 0 Å². The smallest absolute Gasteiger partial charge is 0.251 e. The third-order valence-electron chi connectivity index (χ3n) is 4.75. The lowest BCUT2D eigenvalue weighted by Gasteiger charge is -2.30. The average molecular weight is 404 g/mol. The summed E-state index contributed by atoms with van der Waals surface area (Å²) in [6.45, 7) is 1.37. The van der Waals surface area contributed by atoms with E-state index in [0.29, 0.717) is 12.1 Å². The highest BCUT2D eigenvalue weighted by Crippen LogP contribution is 2.26. The number of nitrogens with one attached hydrogen (secondary N) is 2. The predicted octanol–water partition coefficient (Wildman–Crippen LogP) is 2.40. The van der Waals surface area contributed by atoms with Gasteiger partial charge < -0.3 is 10.6 Å². The minimum absolute atomic E-state index is 0. The van der Waals surface area contributed by atoms with E-state index in [9.17, 15) is 13.2 Å². The molecule has 1 aliphatic rings. The van der Waals surface area contributed by atoms with Gasteiger partial charge in [0, 0.05) is 25.2 Å². The molecule has 0 saturated heterocycles. The Morgan fingerprint density at radius 3 is 2.54 bits per heavy atom. The lowest BCUT2D eigenvalue weighted by molar-refractivity contribution is 0.0953. The van der Waals surface area contributed by atoms with E-state index in [1.54, 1.807) is 25.2 Å². The molecule has 148 valence electrons. The third-order valence-corrected chi connectivity index (χ3v) is 6.66. The molecular formula is C18H30ClN3O3S. The molecule has 0 heterocycles. The first-order chi connectivity index (χ1) is 12.0. The molecule has 0 bridgehead atoms. The van der Waals surface area contributed by atoms with Crippen molar-refractivity contribution < 1.29 is 13.2 Å². The summed E-state index contributed by atoms with van der Waals surface area (Å²) in [5, 5.41) is 5.84. The number of carbonyl (C=O) groups is 1. The van der Waals surface area contributed by atoms with Crippen LogP contribution in [-0.4, -0.2) is 51.9 Å². The van der Waals surface area contributed by atoms with Crippen molar-refractivity contribution in [3.63, 3.8) is 0 Å². The van der Waals surface area contributed by atoms with E-state index in [1.165, 1.54) is 16.8 Å². The number of benzene rings is 1. The van der Waals surface area contributed by atoms with Crippen LogP contribution >= 0.6 is 12.4 Å². The van der Waals surface area contributed by atoms with E-state index >= 15 is 0 Å². The fraction of sp³-hybridized carbons (Fsp3) is 0.611. The van der Waals surface area contributed by atoms with Gasteiger partial charge in [-0.3, -0.25) is 4.79 Å². The molecule has 0 radical (unpaired) electrons. The van der Waals surface area contributed by atoms with Crippen LogP contribution < -0.4 is 10.6 Å². The first kappa shape index (κ1) is 22.9. The second kappa shape index (κ2) is 10.9. The van der Waals surface area contributed by atoms with Crippen LogP contribution in [0.25, 0.3) is 0 Å². The van der Waals surface area contributed by atoms with Gasteiger partial charge in [-0.1, -0.05) is 25.3 Å². The largest absolute Gasteiger partial charge is 0.352 e. The van der Waals surface area contributed by atoms with Crippen molar-refractivity contribution in [3.8, 4) is 0 Å². The third kappa shape index (κ3) is 5.94. The molecule has 0 atom stereocenters. The average Bonchev–Trinajstić information content (AvgIpc) is 2.65. The minimum atomic E-state index is -3.58. The Labute approximate surface area is 163 Å². The molecule has 0 aliphatic heterocycles. The maximum absolute atomic E-state index is 12.9. The predicted molar refractivity (Wildman–Crippen MR) is 106 cm³/mol. The van der Waals surface area contributed by atoms with Gasteiger partial charge in [0.05, 0.1) is 4.90 Å². The van der Waals surface area contributed by atoms with E-state index in [2.05, 4.69) is 10.6 Å². The fourth-order valence-corrected chi connectivity index (χ4v) is 4.64. The molecule has 26 heavy (non-hydrogen) atoms. The summed E-state index contributed by atoms with van der Waals surface area (Å²) in [4.78, 5) is 12.4. The molecule has 8 heteroatoms. The molecule has 1 amide bonds. The van der Waals surface area contributed by atoms with Crippen LogP contribution in [0.2, 0.25) is 0 Å². The molecule has 0 aromatic heterocycles. The summed E-state index contributed by atoms with van der Waals surface area (Å²) in [7, 11) is -0.0717. The van der Waals surface area contributed by atoms with E-state index in [1.807, 2.05) is 7.05 Å². The lowest BCUT2D eigenvalue weighted by atomic mass is 9.96. The number of halogens is 1. The Balaban J connectivity index is 0.00000338. The molecule has 1 aromatic carbocycles. The van der Waals surface area contributed by atoms with Crippen molar-refractivity contribution >= 4 is 28.3 Å². The number of sulfonamides is 1. The Morgan fingerprint density at radius 2 is 1.88 bits per heavy atom. The summed E-state index contributed by atoms with van der Waals surface area (Å²) in [6.07, 6.45) is 5.94. The van der Waals surface area contributed by atoms with Crippen LogP contribution in [0.5, 0.6) is 0 Å². The highest BCUT2D eigenvalue weighted by molar-refractivity contribution is 7.89.